The summed E-state index contributed by atoms with van der Waals surface area (Å²) in [6.45, 7) is 11.0. The zero-order chi connectivity index (χ0) is 25.8. The first-order valence-electron chi connectivity index (χ1n) is 9.83. The van der Waals surface area contributed by atoms with Gasteiger partial charge in [0.2, 0.25) is 0 Å². The lowest BCUT2D eigenvalue weighted by molar-refractivity contribution is -0.157. The third-order valence-corrected chi connectivity index (χ3v) is 4.94. The Bertz CT molecular complexity index is 1010. The minimum absolute atomic E-state index is 0.00125. The van der Waals surface area contributed by atoms with Crippen molar-refractivity contribution < 1.29 is 36.8 Å². The van der Waals surface area contributed by atoms with E-state index in [1.807, 2.05) is 0 Å². The maximum absolute atomic E-state index is 12.5. The smallest absolute Gasteiger partial charge is 0.408 e. The van der Waals surface area contributed by atoms with E-state index in [1.165, 1.54) is 6.92 Å². The number of ether oxygens (including phenoxy) is 2. The SMILES string of the molecule is Cc1c(Cl)cc(S(=O)(=O)O)cc1NC(=O)NC[C@H](NC(=O)OC(C)(C)C)C(=O)OC(C)(C)C. The molecule has 0 spiro atoms. The lowest BCUT2D eigenvalue weighted by Crippen LogP contribution is -2.52. The van der Waals surface area contributed by atoms with Gasteiger partial charge < -0.3 is 25.4 Å². The average Bonchev–Trinajstić information content (AvgIpc) is 2.58. The number of benzene rings is 1. The first kappa shape index (κ1) is 28.5. The molecule has 0 saturated carbocycles. The van der Waals surface area contributed by atoms with Crippen LogP contribution in [0.25, 0.3) is 0 Å². The largest absolute Gasteiger partial charge is 0.458 e. The standard InChI is InChI=1S/C20H30ClN3O8S/c1-11-13(21)8-12(33(28,29)30)9-14(11)23-17(26)22-10-15(16(25)31-19(2,3)4)24-18(27)32-20(5,6)7/h8-9,15H,10H2,1-7H3,(H,24,27)(H2,22,23,26)(H,28,29,30)/t15-/m0/s1. The van der Waals surface area contributed by atoms with Crippen molar-refractivity contribution in [2.75, 3.05) is 11.9 Å². The van der Waals surface area contributed by atoms with Gasteiger partial charge in [-0.15, -0.1) is 0 Å². The van der Waals surface area contributed by atoms with E-state index in [2.05, 4.69) is 16.0 Å². The van der Waals surface area contributed by atoms with Crippen LogP contribution < -0.4 is 16.0 Å². The molecular formula is C20H30ClN3O8S. The van der Waals surface area contributed by atoms with Crippen LogP contribution in [0.15, 0.2) is 17.0 Å². The molecule has 11 nitrogen and oxygen atoms in total. The van der Waals surface area contributed by atoms with Crippen molar-refractivity contribution in [3.63, 3.8) is 0 Å². The zero-order valence-corrected chi connectivity index (χ0v) is 21.1. The summed E-state index contributed by atoms with van der Waals surface area (Å²) in [5, 5.41) is 7.14. The maximum atomic E-state index is 12.5. The molecule has 0 saturated heterocycles. The molecule has 0 aromatic heterocycles. The highest BCUT2D eigenvalue weighted by Crippen LogP contribution is 2.28. The van der Waals surface area contributed by atoms with Crippen molar-refractivity contribution in [1.82, 2.24) is 10.6 Å². The Morgan fingerprint density at radius 2 is 1.61 bits per heavy atom. The molecule has 1 aromatic rings. The number of alkyl carbamates (subject to hydrolysis) is 1. The van der Waals surface area contributed by atoms with E-state index >= 15 is 0 Å². The van der Waals surface area contributed by atoms with Gasteiger partial charge in [-0.2, -0.15) is 8.42 Å². The van der Waals surface area contributed by atoms with Gasteiger partial charge >= 0.3 is 18.1 Å². The van der Waals surface area contributed by atoms with Crippen LogP contribution in [0.5, 0.6) is 0 Å². The minimum atomic E-state index is -4.56. The Morgan fingerprint density at radius 1 is 1.06 bits per heavy atom. The van der Waals surface area contributed by atoms with E-state index < -0.39 is 50.4 Å². The third-order valence-electron chi connectivity index (χ3n) is 3.71. The lowest BCUT2D eigenvalue weighted by Gasteiger charge is -2.26. The van der Waals surface area contributed by atoms with Gasteiger partial charge in [-0.3, -0.25) is 4.55 Å². The van der Waals surface area contributed by atoms with E-state index in [9.17, 15) is 27.4 Å². The van der Waals surface area contributed by atoms with Gasteiger partial charge in [0.15, 0.2) is 0 Å². The molecule has 0 aliphatic carbocycles. The van der Waals surface area contributed by atoms with Crippen LogP contribution in [0.2, 0.25) is 5.02 Å². The first-order chi connectivity index (χ1) is 14.8. The van der Waals surface area contributed by atoms with Crippen LogP contribution in [0, 0.1) is 6.92 Å². The van der Waals surface area contributed by atoms with Crippen molar-refractivity contribution >= 4 is 45.5 Å². The summed E-state index contributed by atoms with van der Waals surface area (Å²) in [4.78, 5) is 36.5. The summed E-state index contributed by atoms with van der Waals surface area (Å²) < 4.78 is 42.5. The fraction of sp³-hybridized carbons (Fsp3) is 0.550. The molecule has 1 aromatic carbocycles. The summed E-state index contributed by atoms with van der Waals surface area (Å²) in [5.74, 6) is -0.804. The molecule has 4 N–H and O–H groups in total. The second-order valence-corrected chi connectivity index (χ2v) is 10.9. The Morgan fingerprint density at radius 3 is 2.09 bits per heavy atom. The number of hydrogen-bond donors (Lipinski definition) is 4. The van der Waals surface area contributed by atoms with Crippen LogP contribution in [-0.4, -0.2) is 54.9 Å². The molecule has 0 radical (unpaired) electrons. The quantitative estimate of drug-likeness (QED) is 0.337. The number of amides is 3. The van der Waals surface area contributed by atoms with Gasteiger partial charge in [0.05, 0.1) is 11.4 Å². The minimum Gasteiger partial charge on any atom is -0.458 e. The summed E-state index contributed by atoms with van der Waals surface area (Å²) in [6.07, 6.45) is -0.885. The highest BCUT2D eigenvalue weighted by molar-refractivity contribution is 7.85. The molecule has 13 heteroatoms. The van der Waals surface area contributed by atoms with Crippen molar-refractivity contribution in [2.45, 2.75) is 70.6 Å². The topological polar surface area (TPSA) is 160 Å². The van der Waals surface area contributed by atoms with Crippen LogP contribution >= 0.6 is 11.6 Å². The Kier molecular flexibility index (Phi) is 9.12. The maximum Gasteiger partial charge on any atom is 0.408 e. The predicted octanol–water partition coefficient (Wildman–Crippen LogP) is 3.25. The summed E-state index contributed by atoms with van der Waals surface area (Å²) >= 11 is 5.98. The second kappa shape index (κ2) is 10.6. The number of halogens is 1. The number of urea groups is 1. The molecule has 0 heterocycles. The van der Waals surface area contributed by atoms with Gasteiger partial charge in [0.1, 0.15) is 17.2 Å². The monoisotopic (exact) mass is 507 g/mol. The number of carbonyl (C=O) groups excluding carboxylic acids is 3. The summed E-state index contributed by atoms with van der Waals surface area (Å²) in [6, 6.07) is -0.0428. The molecule has 186 valence electrons. The van der Waals surface area contributed by atoms with E-state index in [0.717, 1.165) is 12.1 Å². The molecule has 33 heavy (non-hydrogen) atoms. The van der Waals surface area contributed by atoms with Gasteiger partial charge in [-0.05, 0) is 66.2 Å². The number of nitrogens with one attached hydrogen (secondary N) is 3. The van der Waals surface area contributed by atoms with Crippen molar-refractivity contribution in [3.05, 3.63) is 22.7 Å². The molecule has 0 aliphatic rings. The van der Waals surface area contributed by atoms with Crippen molar-refractivity contribution in [3.8, 4) is 0 Å². The normalized spacial score (nSPS) is 13.0. The Balaban J connectivity index is 2.98. The number of anilines is 1. The van der Waals surface area contributed by atoms with Crippen LogP contribution in [0.3, 0.4) is 0 Å². The Labute approximate surface area is 198 Å². The van der Waals surface area contributed by atoms with Gasteiger partial charge in [0, 0.05) is 10.7 Å². The summed E-state index contributed by atoms with van der Waals surface area (Å²) in [7, 11) is -4.56. The van der Waals surface area contributed by atoms with E-state index in [4.69, 9.17) is 21.1 Å². The third kappa shape index (κ3) is 10.3. The fourth-order valence-electron chi connectivity index (χ4n) is 2.31. The number of hydrogen-bond acceptors (Lipinski definition) is 7. The molecule has 1 atom stereocenters. The number of esters is 1. The number of carbonyl (C=O) groups is 3. The molecule has 0 bridgehead atoms. The fourth-order valence-corrected chi connectivity index (χ4v) is 3.13. The van der Waals surface area contributed by atoms with Gasteiger partial charge in [-0.25, -0.2) is 14.4 Å². The van der Waals surface area contributed by atoms with Gasteiger partial charge in [0.25, 0.3) is 10.1 Å². The van der Waals surface area contributed by atoms with Crippen molar-refractivity contribution in [2.24, 2.45) is 0 Å². The molecule has 3 amide bonds. The van der Waals surface area contributed by atoms with E-state index in [-0.39, 0.29) is 17.3 Å². The molecular weight excluding hydrogens is 478 g/mol. The lowest BCUT2D eigenvalue weighted by atomic mass is 10.2. The number of rotatable bonds is 6. The highest BCUT2D eigenvalue weighted by atomic mass is 35.5. The summed E-state index contributed by atoms with van der Waals surface area (Å²) in [5.41, 5.74) is -1.31. The average molecular weight is 508 g/mol. The van der Waals surface area contributed by atoms with E-state index in [0.29, 0.717) is 5.56 Å². The molecule has 0 unspecified atom stereocenters. The molecule has 1 rings (SSSR count). The van der Waals surface area contributed by atoms with Gasteiger partial charge in [-0.1, -0.05) is 11.6 Å². The second-order valence-electron chi connectivity index (χ2n) is 9.12. The first-order valence-corrected chi connectivity index (χ1v) is 11.6. The molecule has 0 aliphatic heterocycles. The van der Waals surface area contributed by atoms with Crippen LogP contribution in [-0.2, 0) is 24.4 Å². The Hall–Kier alpha value is -2.57. The van der Waals surface area contributed by atoms with Crippen LogP contribution in [0.4, 0.5) is 15.3 Å². The van der Waals surface area contributed by atoms with Crippen LogP contribution in [0.1, 0.15) is 47.1 Å². The van der Waals surface area contributed by atoms with Crippen molar-refractivity contribution in [1.29, 1.82) is 0 Å². The molecule has 0 fully saturated rings. The predicted molar refractivity (Wildman–Crippen MR) is 122 cm³/mol. The zero-order valence-electron chi connectivity index (χ0n) is 19.5. The van der Waals surface area contributed by atoms with E-state index in [1.54, 1.807) is 41.5 Å². The highest BCUT2D eigenvalue weighted by Gasteiger charge is 2.29.